The number of unbranched alkanes of at least 4 members (excludes halogenated alkanes) is 3. The van der Waals surface area contributed by atoms with E-state index in [1.54, 1.807) is 6.07 Å². The van der Waals surface area contributed by atoms with Crippen molar-refractivity contribution in [2.45, 2.75) is 76.3 Å². The van der Waals surface area contributed by atoms with Crippen LogP contribution in [0.2, 0.25) is 0 Å². The van der Waals surface area contributed by atoms with Crippen LogP contribution in [-0.2, 0) is 16.3 Å². The highest BCUT2D eigenvalue weighted by atomic mass is 33.1. The van der Waals surface area contributed by atoms with Gasteiger partial charge in [-0.25, -0.2) is 13.0 Å². The van der Waals surface area contributed by atoms with E-state index in [9.17, 15) is 45.2 Å². The van der Waals surface area contributed by atoms with Crippen LogP contribution in [0.1, 0.15) is 74.5 Å². The third-order valence-electron chi connectivity index (χ3n) is 7.64. The molecular formula is C31H38F7NO3S2. The minimum absolute atomic E-state index is 0.204. The lowest BCUT2D eigenvalue weighted by Gasteiger charge is -2.19. The summed E-state index contributed by atoms with van der Waals surface area (Å²) in [5.74, 6) is -7.39. The van der Waals surface area contributed by atoms with Gasteiger partial charge in [-0.3, -0.25) is 0 Å². The monoisotopic (exact) mass is 669 g/mol. The van der Waals surface area contributed by atoms with E-state index in [2.05, 4.69) is 4.90 Å². The summed E-state index contributed by atoms with van der Waals surface area (Å²) in [5, 5.41) is 19.9. The van der Waals surface area contributed by atoms with Crippen molar-refractivity contribution >= 4 is 31.8 Å². The maximum atomic E-state index is 14.4. The molecule has 0 amide bonds. The largest absolute Gasteiger partial charge is 0.505 e. The molecule has 2 aromatic carbocycles. The maximum Gasteiger partial charge on any atom is 0.453 e. The molecule has 13 heteroatoms. The average molecular weight is 670 g/mol. The molecule has 1 atom stereocenters. The number of phenols is 2. The summed E-state index contributed by atoms with van der Waals surface area (Å²) < 4.78 is 103. The molecular weight excluding hydrogens is 631 g/mol. The molecule has 0 radical (unpaired) electrons. The fraction of sp³-hybridized carbons (Fsp3) is 0.548. The van der Waals surface area contributed by atoms with Crippen LogP contribution in [0.3, 0.4) is 0 Å². The number of rotatable bonds is 16. The molecule has 2 aromatic rings. The van der Waals surface area contributed by atoms with Crippen molar-refractivity contribution in [3.63, 3.8) is 0 Å². The number of halogens is 7. The van der Waals surface area contributed by atoms with Gasteiger partial charge in [0, 0.05) is 17.9 Å². The Kier molecular flexibility index (Phi) is 13.5. The first-order chi connectivity index (χ1) is 20.7. The lowest BCUT2D eigenvalue weighted by Crippen LogP contribution is -2.36. The van der Waals surface area contributed by atoms with Crippen molar-refractivity contribution < 1.29 is 45.2 Å². The van der Waals surface area contributed by atoms with E-state index in [1.165, 1.54) is 24.3 Å². The Morgan fingerprint density at radius 3 is 2.27 bits per heavy atom. The molecule has 0 fully saturated rings. The zero-order valence-electron chi connectivity index (χ0n) is 24.5. The molecule has 0 heterocycles. The van der Waals surface area contributed by atoms with Gasteiger partial charge in [0.2, 0.25) is 0 Å². The Morgan fingerprint density at radius 2 is 1.57 bits per heavy atom. The minimum atomic E-state index is -5.60. The number of hydrogen-bond donors (Lipinski definition) is 2. The number of aryl methyl sites for hydroxylation is 1. The molecule has 0 saturated carbocycles. The highest BCUT2D eigenvalue weighted by Gasteiger charge is 2.56. The second-order valence-corrected chi connectivity index (χ2v) is 14.5. The summed E-state index contributed by atoms with van der Waals surface area (Å²) in [5.41, 5.74) is 4.10. The number of hydrogen-bond acceptors (Lipinski definition) is 5. The predicted octanol–water partition coefficient (Wildman–Crippen LogP) is 8.88. The molecule has 0 saturated heterocycles. The van der Waals surface area contributed by atoms with Crippen LogP contribution in [0.5, 0.6) is 11.5 Å². The zero-order chi connectivity index (χ0) is 32.5. The fourth-order valence-electron chi connectivity index (χ4n) is 5.23. The number of aromatic hydroxyl groups is 2. The van der Waals surface area contributed by atoms with E-state index in [-0.39, 0.29) is 5.75 Å². The van der Waals surface area contributed by atoms with E-state index in [0.717, 1.165) is 60.9 Å². The second-order valence-electron chi connectivity index (χ2n) is 11.0. The van der Waals surface area contributed by atoms with Crippen molar-refractivity contribution in [3.8, 4) is 11.5 Å². The Hall–Kier alpha value is -2.25. The molecule has 0 bridgehead atoms. The molecule has 1 aliphatic carbocycles. The second kappa shape index (κ2) is 16.4. The molecule has 4 nitrogen and oxygen atoms in total. The molecule has 246 valence electrons. The average Bonchev–Trinajstić information content (AvgIpc) is 3.10. The normalized spacial score (nSPS) is 15.0. The third kappa shape index (κ3) is 10.4. The lowest BCUT2D eigenvalue weighted by atomic mass is 9.88. The fourth-order valence-corrected chi connectivity index (χ4v) is 7.75. The minimum Gasteiger partial charge on any atom is -0.505 e. The van der Waals surface area contributed by atoms with Gasteiger partial charge in [-0.1, -0.05) is 29.7 Å². The topological polar surface area (TPSA) is 60.8 Å². The number of allylic oxidation sites excluding steroid dienone is 2. The first-order valence-corrected chi connectivity index (χ1v) is 17.4. The first kappa shape index (κ1) is 36.2. The number of phenolic OH excluding ortho intramolecular Hbond substituents is 2. The van der Waals surface area contributed by atoms with Crippen LogP contribution >= 0.6 is 10.8 Å². The molecule has 0 spiro atoms. The van der Waals surface area contributed by atoms with Gasteiger partial charge in [0.15, 0.2) is 23.1 Å². The van der Waals surface area contributed by atoms with Gasteiger partial charge in [0.1, 0.15) is 0 Å². The van der Waals surface area contributed by atoms with E-state index < -0.39 is 57.2 Å². The van der Waals surface area contributed by atoms with Gasteiger partial charge in [-0.05, 0) is 117 Å². The number of fused-ring (bicyclic) bond motifs is 1. The number of benzene rings is 2. The summed E-state index contributed by atoms with van der Waals surface area (Å²) in [4.78, 5) is 2.05. The van der Waals surface area contributed by atoms with Crippen molar-refractivity contribution in [3.05, 3.63) is 58.7 Å². The molecule has 0 aromatic heterocycles. The van der Waals surface area contributed by atoms with Crippen LogP contribution in [0.4, 0.5) is 30.7 Å². The van der Waals surface area contributed by atoms with Gasteiger partial charge >= 0.3 is 12.1 Å². The maximum absolute atomic E-state index is 14.4. The van der Waals surface area contributed by atoms with Crippen LogP contribution in [0.15, 0.2) is 30.3 Å². The summed E-state index contributed by atoms with van der Waals surface area (Å²) >= 11 is 0. The van der Waals surface area contributed by atoms with E-state index >= 15 is 0 Å². The van der Waals surface area contributed by atoms with E-state index in [4.69, 9.17) is 0 Å². The molecule has 44 heavy (non-hydrogen) atoms. The van der Waals surface area contributed by atoms with Crippen LogP contribution < -0.4 is 0 Å². The third-order valence-corrected chi connectivity index (χ3v) is 10.7. The van der Waals surface area contributed by atoms with E-state index in [1.807, 2.05) is 7.05 Å². The van der Waals surface area contributed by atoms with Crippen molar-refractivity contribution in [1.29, 1.82) is 0 Å². The quantitative estimate of drug-likeness (QED) is 0.106. The molecule has 1 unspecified atom stereocenters. The molecule has 0 aliphatic heterocycles. The summed E-state index contributed by atoms with van der Waals surface area (Å²) in [6.45, 7) is 1.38. The Bertz CT molecular complexity index is 1320. The number of nitrogens with zero attached hydrogens (tertiary/aromatic N) is 1. The summed E-state index contributed by atoms with van der Waals surface area (Å²) in [6, 6.07) is 7.04. The van der Waals surface area contributed by atoms with Crippen molar-refractivity contribution in [2.75, 3.05) is 31.6 Å². The summed E-state index contributed by atoms with van der Waals surface area (Å²) in [7, 11) is 0.985. The molecule has 2 N–H and O–H groups in total. The van der Waals surface area contributed by atoms with Crippen LogP contribution in [-0.4, -0.2) is 63.1 Å². The first-order valence-electron chi connectivity index (χ1n) is 14.6. The standard InChI is InChI=1S/C31H38F7NO3S2/c1-39(15-7-17-44(42)43-16-13-30(34,35)31(36,37)38)14-5-3-2-4-9-24-23(22-11-12-26(32)28(40)19-22)10-6-8-21-18-29(41)27(33)20-25(21)24/h11-12,18-20,40-41H,2-10,13-17H2,1H3. The smallest absolute Gasteiger partial charge is 0.453 e. The highest BCUT2D eigenvalue weighted by Crippen LogP contribution is 2.41. The zero-order valence-corrected chi connectivity index (χ0v) is 26.1. The molecule has 3 rings (SSSR count). The van der Waals surface area contributed by atoms with Gasteiger partial charge in [0.05, 0.1) is 9.83 Å². The summed E-state index contributed by atoms with van der Waals surface area (Å²) in [6.07, 6.45) is -0.283. The van der Waals surface area contributed by atoms with Crippen molar-refractivity contribution in [2.24, 2.45) is 0 Å². The van der Waals surface area contributed by atoms with Gasteiger partial charge < -0.3 is 15.1 Å². The van der Waals surface area contributed by atoms with Crippen LogP contribution in [0, 0.1) is 11.6 Å². The SMILES string of the molecule is CN(CCCCCCC1=C(c2ccc(F)c(O)c2)CCCc2cc(O)c(F)cc21)CCCS(=O)SCCC(F)(F)C(F)(F)F. The van der Waals surface area contributed by atoms with Gasteiger partial charge in [0.25, 0.3) is 0 Å². The van der Waals surface area contributed by atoms with Gasteiger partial charge in [-0.2, -0.15) is 22.0 Å². The Balaban J connectivity index is 1.46. The predicted molar refractivity (Wildman–Crippen MR) is 162 cm³/mol. The van der Waals surface area contributed by atoms with Crippen molar-refractivity contribution in [1.82, 2.24) is 4.90 Å². The Labute approximate surface area is 259 Å². The molecule has 1 aliphatic rings. The lowest BCUT2D eigenvalue weighted by molar-refractivity contribution is -0.282. The Morgan fingerprint density at radius 1 is 0.886 bits per heavy atom. The van der Waals surface area contributed by atoms with Crippen LogP contribution in [0.25, 0.3) is 11.1 Å². The number of alkyl halides is 5. The van der Waals surface area contributed by atoms with Gasteiger partial charge in [-0.15, -0.1) is 0 Å². The highest BCUT2D eigenvalue weighted by molar-refractivity contribution is 8.69. The van der Waals surface area contributed by atoms with E-state index in [0.29, 0.717) is 48.6 Å².